The van der Waals surface area contributed by atoms with E-state index in [-0.39, 0.29) is 6.10 Å². The molecule has 0 unspecified atom stereocenters. The lowest BCUT2D eigenvalue weighted by atomic mass is 9.88. The fourth-order valence-electron chi connectivity index (χ4n) is 1.99. The van der Waals surface area contributed by atoms with Crippen LogP contribution in [0.1, 0.15) is 46.0 Å². The van der Waals surface area contributed by atoms with Crippen molar-refractivity contribution in [1.82, 2.24) is 0 Å². The summed E-state index contributed by atoms with van der Waals surface area (Å²) in [5, 5.41) is 0. The maximum atomic E-state index is 5.96. The Balaban J connectivity index is 2.19. The Labute approximate surface area is 93.1 Å². The number of aliphatic imine (C=N–C) groups is 1. The summed E-state index contributed by atoms with van der Waals surface area (Å²) in [7, 11) is 0. The normalized spacial score (nSPS) is 19.8. The third-order valence-electron chi connectivity index (χ3n) is 2.86. The fourth-order valence-corrected chi connectivity index (χ4v) is 1.99. The Morgan fingerprint density at radius 3 is 2.60 bits per heavy atom. The van der Waals surface area contributed by atoms with E-state index in [9.17, 15) is 0 Å². The van der Waals surface area contributed by atoms with Gasteiger partial charge in [0.15, 0.2) is 0 Å². The van der Waals surface area contributed by atoms with Crippen LogP contribution in [-0.4, -0.2) is 25.1 Å². The fraction of sp³-hybridized carbons (Fsp3) is 0.917. The summed E-state index contributed by atoms with van der Waals surface area (Å²) in [4.78, 5) is 4.39. The Bertz CT molecular complexity index is 196. The van der Waals surface area contributed by atoms with Gasteiger partial charge in [0.05, 0.1) is 25.1 Å². The molecule has 0 radical (unpaired) electrons. The van der Waals surface area contributed by atoms with Gasteiger partial charge in [-0.15, -0.1) is 0 Å². The number of hydrogen-bond donors (Lipinski definition) is 1. The van der Waals surface area contributed by atoms with Gasteiger partial charge in [-0.1, -0.05) is 19.3 Å². The van der Waals surface area contributed by atoms with Gasteiger partial charge in [0, 0.05) is 5.92 Å². The minimum atomic E-state index is 0.288. The highest BCUT2D eigenvalue weighted by molar-refractivity contribution is 5.82. The molecule has 1 fully saturated rings. The molecule has 0 aromatic rings. The standard InChI is InChI=1S/C12H24N2O/c1-10(2)15-9-8-14-12(13)11-6-4-3-5-7-11/h10-11H,3-9H2,1-2H3,(H2,13,14). The first-order valence-electron chi connectivity index (χ1n) is 6.11. The second-order valence-electron chi connectivity index (χ2n) is 4.56. The van der Waals surface area contributed by atoms with E-state index in [4.69, 9.17) is 10.5 Å². The van der Waals surface area contributed by atoms with Gasteiger partial charge in [0.2, 0.25) is 0 Å². The van der Waals surface area contributed by atoms with Gasteiger partial charge in [0.25, 0.3) is 0 Å². The molecule has 1 saturated carbocycles. The molecule has 15 heavy (non-hydrogen) atoms. The van der Waals surface area contributed by atoms with Crippen molar-refractivity contribution in [2.45, 2.75) is 52.1 Å². The first-order valence-corrected chi connectivity index (χ1v) is 6.11. The highest BCUT2D eigenvalue weighted by Crippen LogP contribution is 2.23. The smallest absolute Gasteiger partial charge is 0.0969 e. The van der Waals surface area contributed by atoms with Crippen molar-refractivity contribution >= 4 is 5.84 Å². The first kappa shape index (κ1) is 12.5. The third-order valence-corrected chi connectivity index (χ3v) is 2.86. The van der Waals surface area contributed by atoms with Crippen molar-refractivity contribution in [3.05, 3.63) is 0 Å². The van der Waals surface area contributed by atoms with Crippen LogP contribution in [0.3, 0.4) is 0 Å². The van der Waals surface area contributed by atoms with Crippen LogP contribution in [0.25, 0.3) is 0 Å². The summed E-state index contributed by atoms with van der Waals surface area (Å²) in [6.07, 6.45) is 6.71. The second-order valence-corrected chi connectivity index (χ2v) is 4.56. The van der Waals surface area contributed by atoms with Gasteiger partial charge in [-0.05, 0) is 26.7 Å². The van der Waals surface area contributed by atoms with Crippen molar-refractivity contribution in [1.29, 1.82) is 0 Å². The number of hydrogen-bond acceptors (Lipinski definition) is 2. The highest BCUT2D eigenvalue weighted by atomic mass is 16.5. The Hall–Kier alpha value is -0.570. The van der Waals surface area contributed by atoms with Crippen molar-refractivity contribution < 1.29 is 4.74 Å². The molecular weight excluding hydrogens is 188 g/mol. The molecule has 0 aromatic heterocycles. The lowest BCUT2D eigenvalue weighted by Gasteiger charge is -2.20. The van der Waals surface area contributed by atoms with Crippen molar-refractivity contribution in [2.24, 2.45) is 16.6 Å². The van der Waals surface area contributed by atoms with Gasteiger partial charge in [-0.25, -0.2) is 0 Å². The molecule has 1 aliphatic rings. The van der Waals surface area contributed by atoms with E-state index in [1.165, 1.54) is 32.1 Å². The van der Waals surface area contributed by atoms with Crippen molar-refractivity contribution in [2.75, 3.05) is 13.2 Å². The molecule has 0 atom stereocenters. The van der Waals surface area contributed by atoms with E-state index >= 15 is 0 Å². The predicted octanol–water partition coefficient (Wildman–Crippen LogP) is 2.35. The summed E-state index contributed by atoms with van der Waals surface area (Å²) in [5.74, 6) is 1.39. The number of amidine groups is 1. The van der Waals surface area contributed by atoms with E-state index in [0.717, 1.165) is 5.84 Å². The lowest BCUT2D eigenvalue weighted by molar-refractivity contribution is 0.0853. The van der Waals surface area contributed by atoms with E-state index < -0.39 is 0 Å². The molecule has 0 bridgehead atoms. The van der Waals surface area contributed by atoms with Crippen LogP contribution in [-0.2, 0) is 4.74 Å². The van der Waals surface area contributed by atoms with E-state index in [0.29, 0.717) is 19.1 Å². The van der Waals surface area contributed by atoms with E-state index in [1.54, 1.807) is 0 Å². The summed E-state index contributed by atoms with van der Waals surface area (Å²) >= 11 is 0. The maximum Gasteiger partial charge on any atom is 0.0969 e. The zero-order chi connectivity index (χ0) is 11.1. The molecule has 0 heterocycles. The zero-order valence-electron chi connectivity index (χ0n) is 10.0. The average Bonchev–Trinajstić information content (AvgIpc) is 2.25. The van der Waals surface area contributed by atoms with Crippen LogP contribution < -0.4 is 5.73 Å². The van der Waals surface area contributed by atoms with Crippen LogP contribution in [0.5, 0.6) is 0 Å². The first-order chi connectivity index (χ1) is 7.20. The molecule has 3 nitrogen and oxygen atoms in total. The quantitative estimate of drug-likeness (QED) is 0.432. The molecule has 0 amide bonds. The minimum absolute atomic E-state index is 0.288. The number of rotatable bonds is 5. The van der Waals surface area contributed by atoms with Crippen LogP contribution in [0.4, 0.5) is 0 Å². The molecule has 88 valence electrons. The average molecular weight is 212 g/mol. The highest BCUT2D eigenvalue weighted by Gasteiger charge is 2.16. The molecular formula is C12H24N2O. The number of nitrogens with two attached hydrogens (primary N) is 1. The van der Waals surface area contributed by atoms with E-state index in [2.05, 4.69) is 4.99 Å². The molecule has 0 aliphatic heterocycles. The molecule has 1 aliphatic carbocycles. The predicted molar refractivity (Wildman–Crippen MR) is 64.2 cm³/mol. The van der Waals surface area contributed by atoms with Gasteiger partial charge in [0.1, 0.15) is 0 Å². The molecule has 1 rings (SSSR count). The molecule has 3 heteroatoms. The van der Waals surface area contributed by atoms with Gasteiger partial charge in [-0.2, -0.15) is 0 Å². The zero-order valence-corrected chi connectivity index (χ0v) is 10.0. The molecule has 0 aromatic carbocycles. The minimum Gasteiger partial charge on any atom is -0.387 e. The van der Waals surface area contributed by atoms with Gasteiger partial charge in [-0.3, -0.25) is 4.99 Å². The Morgan fingerprint density at radius 1 is 1.33 bits per heavy atom. The van der Waals surface area contributed by atoms with Crippen LogP contribution in [0, 0.1) is 5.92 Å². The van der Waals surface area contributed by atoms with Crippen LogP contribution in [0.2, 0.25) is 0 Å². The number of nitrogens with zero attached hydrogens (tertiary/aromatic N) is 1. The van der Waals surface area contributed by atoms with E-state index in [1.807, 2.05) is 13.8 Å². The molecule has 0 spiro atoms. The van der Waals surface area contributed by atoms with Crippen LogP contribution >= 0.6 is 0 Å². The molecule has 0 saturated heterocycles. The second kappa shape index (κ2) is 6.83. The summed E-state index contributed by atoms with van der Waals surface area (Å²) < 4.78 is 5.42. The summed E-state index contributed by atoms with van der Waals surface area (Å²) in [6, 6.07) is 0. The summed E-state index contributed by atoms with van der Waals surface area (Å²) in [5.41, 5.74) is 5.96. The SMILES string of the molecule is CC(C)OCCN=C(N)C1CCCCC1. The van der Waals surface area contributed by atoms with Crippen molar-refractivity contribution in [3.8, 4) is 0 Å². The summed E-state index contributed by atoms with van der Waals surface area (Å²) in [6.45, 7) is 5.47. The molecule has 2 N–H and O–H groups in total. The monoisotopic (exact) mass is 212 g/mol. The van der Waals surface area contributed by atoms with Gasteiger partial charge < -0.3 is 10.5 Å². The Morgan fingerprint density at radius 2 is 2.00 bits per heavy atom. The lowest BCUT2D eigenvalue weighted by Crippen LogP contribution is -2.26. The third kappa shape index (κ3) is 5.17. The maximum absolute atomic E-state index is 5.96. The van der Waals surface area contributed by atoms with Crippen LogP contribution in [0.15, 0.2) is 4.99 Å². The topological polar surface area (TPSA) is 47.6 Å². The van der Waals surface area contributed by atoms with Gasteiger partial charge >= 0.3 is 0 Å². The number of ether oxygens (including phenoxy) is 1. The van der Waals surface area contributed by atoms with Crippen molar-refractivity contribution in [3.63, 3.8) is 0 Å². The largest absolute Gasteiger partial charge is 0.387 e. The Kier molecular flexibility index (Phi) is 5.69.